The van der Waals surface area contributed by atoms with E-state index in [2.05, 4.69) is 11.6 Å². The molecule has 0 bridgehead atoms. The Bertz CT molecular complexity index is 304. The van der Waals surface area contributed by atoms with Gasteiger partial charge in [-0.3, -0.25) is 0 Å². The highest BCUT2D eigenvalue weighted by atomic mass is 35.5. The SMILES string of the molecule is FC1(F)C(F)(F)C(F)(F)C(F)(F)C(F)(Cl)C(F)(F)C1(F)F. The molecule has 0 aromatic carbocycles. The predicted molar refractivity (Wildman–Crippen MR) is 39.4 cm³/mol. The molecule has 0 saturated heterocycles. The molecular weight excluding hydrogens is 367 g/mol. The molecule has 1 fully saturated rings. The van der Waals surface area contributed by atoms with Gasteiger partial charge in [0.1, 0.15) is 0 Å². The first-order valence-corrected chi connectivity index (χ1v) is 4.77. The van der Waals surface area contributed by atoms with Gasteiger partial charge in [-0.2, -0.15) is 52.7 Å². The lowest BCUT2D eigenvalue weighted by Gasteiger charge is -2.36. The number of hydrogen-bond donors (Lipinski definition) is 0. The van der Waals surface area contributed by atoms with Gasteiger partial charge in [-0.15, -0.1) is 0 Å². The Morgan fingerprint density at radius 1 is 0.333 bits per heavy atom. The van der Waals surface area contributed by atoms with Crippen LogP contribution >= 0.6 is 11.6 Å². The van der Waals surface area contributed by atoms with Crippen LogP contribution in [-0.4, -0.2) is 40.7 Å². The van der Waals surface area contributed by atoms with Crippen molar-refractivity contribution in [1.29, 1.82) is 0 Å². The fourth-order valence-corrected chi connectivity index (χ4v) is 1.62. The van der Waals surface area contributed by atoms with E-state index in [1.807, 2.05) is 0 Å². The molecule has 21 heavy (non-hydrogen) atoms. The summed E-state index contributed by atoms with van der Waals surface area (Å²) in [5.41, 5.74) is 0. The molecule has 0 nitrogen and oxygen atoms in total. The van der Waals surface area contributed by atoms with E-state index in [9.17, 15) is 57.1 Å². The average Bonchev–Trinajstić information content (AvgIpc) is 2.26. The highest BCUT2D eigenvalue weighted by molar-refractivity contribution is 6.24. The summed E-state index contributed by atoms with van der Waals surface area (Å²) in [5.74, 6) is -45.7. The maximum Gasteiger partial charge on any atom is 0.384 e. The van der Waals surface area contributed by atoms with Crippen LogP contribution in [0, 0.1) is 0 Å². The van der Waals surface area contributed by atoms with E-state index in [1.165, 1.54) is 0 Å². The molecule has 1 aliphatic carbocycles. The van der Waals surface area contributed by atoms with Crippen LogP contribution in [0.5, 0.6) is 0 Å². The lowest BCUT2D eigenvalue weighted by molar-refractivity contribution is -0.397. The minimum atomic E-state index is -7.74. The molecule has 0 heterocycles. The van der Waals surface area contributed by atoms with Gasteiger partial charge in [-0.05, 0) is 0 Å². The van der Waals surface area contributed by atoms with Crippen LogP contribution in [0.15, 0.2) is 0 Å². The van der Waals surface area contributed by atoms with Crippen molar-refractivity contribution < 1.29 is 57.1 Å². The normalized spacial score (nSPS) is 34.0. The fraction of sp³-hybridized carbons (Fsp3) is 1.00. The van der Waals surface area contributed by atoms with E-state index in [-0.39, 0.29) is 0 Å². The van der Waals surface area contributed by atoms with Crippen LogP contribution in [0.3, 0.4) is 0 Å². The summed E-state index contributed by atoms with van der Waals surface area (Å²) in [7, 11) is 0. The van der Waals surface area contributed by atoms with Crippen LogP contribution in [0.1, 0.15) is 0 Å². The molecule has 0 N–H and O–H groups in total. The van der Waals surface area contributed by atoms with Gasteiger partial charge in [0, 0.05) is 0 Å². The van der Waals surface area contributed by atoms with E-state index < -0.39 is 40.7 Å². The lowest BCUT2D eigenvalue weighted by atomic mass is 9.99. The Morgan fingerprint density at radius 3 is 0.667 bits per heavy atom. The molecule has 0 atom stereocenters. The molecule has 0 aromatic heterocycles. The first-order chi connectivity index (χ1) is 8.75. The number of rotatable bonds is 0. The van der Waals surface area contributed by atoms with Crippen molar-refractivity contribution in [2.24, 2.45) is 0 Å². The standard InChI is InChI=1S/C7ClF13/c8-1(9)2(10,11)4(14,15)6(18,19)7(20,21)5(16,17)3(1,12)13. The van der Waals surface area contributed by atoms with Gasteiger partial charge in [-0.1, -0.05) is 11.6 Å². The second-order valence-corrected chi connectivity index (χ2v) is 4.54. The van der Waals surface area contributed by atoms with Crippen LogP contribution in [0.4, 0.5) is 57.1 Å². The molecule has 1 saturated carbocycles. The molecule has 0 aliphatic heterocycles. The molecule has 1 rings (SSSR count). The molecule has 14 heteroatoms. The molecule has 126 valence electrons. The maximum absolute atomic E-state index is 13.0. The van der Waals surface area contributed by atoms with Crippen LogP contribution in [0.25, 0.3) is 0 Å². The highest BCUT2D eigenvalue weighted by Gasteiger charge is 3.01. The fourth-order valence-electron chi connectivity index (χ4n) is 1.38. The average molecular weight is 367 g/mol. The van der Waals surface area contributed by atoms with E-state index >= 15 is 0 Å². The van der Waals surface area contributed by atoms with E-state index in [0.29, 0.717) is 0 Å². The lowest BCUT2D eigenvalue weighted by Crippen LogP contribution is -2.66. The summed E-state index contributed by atoms with van der Waals surface area (Å²) in [6.45, 7) is 0. The van der Waals surface area contributed by atoms with Crippen molar-refractivity contribution in [3.8, 4) is 0 Å². The van der Waals surface area contributed by atoms with Crippen LogP contribution < -0.4 is 0 Å². The molecule has 0 spiro atoms. The summed E-state index contributed by atoms with van der Waals surface area (Å²) < 4.78 is 166. The van der Waals surface area contributed by atoms with E-state index in [4.69, 9.17) is 0 Å². The van der Waals surface area contributed by atoms with Crippen molar-refractivity contribution in [2.45, 2.75) is 40.7 Å². The number of halogens is 14. The molecular formula is C7ClF13. The first-order valence-electron chi connectivity index (χ1n) is 4.40. The Labute approximate surface area is 110 Å². The smallest absolute Gasteiger partial charge is 0.212 e. The van der Waals surface area contributed by atoms with Crippen LogP contribution in [0.2, 0.25) is 0 Å². The quantitative estimate of drug-likeness (QED) is 0.331. The topological polar surface area (TPSA) is 0 Å². The maximum atomic E-state index is 13.0. The zero-order chi connectivity index (χ0) is 17.5. The third-order valence-electron chi connectivity index (χ3n) is 2.76. The number of hydrogen-bond acceptors (Lipinski definition) is 0. The van der Waals surface area contributed by atoms with Crippen molar-refractivity contribution in [2.75, 3.05) is 0 Å². The van der Waals surface area contributed by atoms with Gasteiger partial charge in [-0.25, -0.2) is 4.39 Å². The summed E-state index contributed by atoms with van der Waals surface area (Å²) in [6.07, 6.45) is 0. The van der Waals surface area contributed by atoms with Crippen molar-refractivity contribution in [3.05, 3.63) is 0 Å². The van der Waals surface area contributed by atoms with E-state index in [1.54, 1.807) is 0 Å². The zero-order valence-electron chi connectivity index (χ0n) is 8.79. The third-order valence-corrected chi connectivity index (χ3v) is 3.24. The van der Waals surface area contributed by atoms with Gasteiger partial charge in [0.05, 0.1) is 0 Å². The van der Waals surface area contributed by atoms with Crippen molar-refractivity contribution >= 4 is 11.6 Å². The number of alkyl halides is 14. The third kappa shape index (κ3) is 1.50. The van der Waals surface area contributed by atoms with Gasteiger partial charge in [0.15, 0.2) is 0 Å². The van der Waals surface area contributed by atoms with Crippen LogP contribution in [-0.2, 0) is 0 Å². The molecule has 0 aromatic rings. The van der Waals surface area contributed by atoms with Gasteiger partial charge >= 0.3 is 40.7 Å². The molecule has 0 amide bonds. The Hall–Kier alpha value is -0.620. The molecule has 0 unspecified atom stereocenters. The highest BCUT2D eigenvalue weighted by Crippen LogP contribution is 2.70. The second-order valence-electron chi connectivity index (χ2n) is 4.02. The first kappa shape index (κ1) is 18.4. The van der Waals surface area contributed by atoms with Gasteiger partial charge in [0.25, 0.3) is 0 Å². The summed E-state index contributed by atoms with van der Waals surface area (Å²) in [5, 5.41) is -6.92. The summed E-state index contributed by atoms with van der Waals surface area (Å²) >= 11 is 3.59. The Balaban J connectivity index is 3.97. The van der Waals surface area contributed by atoms with Gasteiger partial charge < -0.3 is 0 Å². The summed E-state index contributed by atoms with van der Waals surface area (Å²) in [6, 6.07) is 0. The van der Waals surface area contributed by atoms with E-state index in [0.717, 1.165) is 0 Å². The predicted octanol–water partition coefficient (Wildman–Crippen LogP) is 4.72. The van der Waals surface area contributed by atoms with Crippen molar-refractivity contribution in [1.82, 2.24) is 0 Å². The van der Waals surface area contributed by atoms with Gasteiger partial charge in [0.2, 0.25) is 0 Å². The Morgan fingerprint density at radius 2 is 0.476 bits per heavy atom. The minimum Gasteiger partial charge on any atom is -0.212 e. The van der Waals surface area contributed by atoms with Crippen molar-refractivity contribution in [3.63, 3.8) is 0 Å². The zero-order valence-corrected chi connectivity index (χ0v) is 9.55. The second kappa shape index (κ2) is 3.82. The molecule has 1 aliphatic rings. The Kier molecular flexibility index (Phi) is 3.36. The monoisotopic (exact) mass is 366 g/mol. The minimum absolute atomic E-state index is 3.59. The largest absolute Gasteiger partial charge is 0.384 e. The summed E-state index contributed by atoms with van der Waals surface area (Å²) in [4.78, 5) is 0. The molecule has 0 radical (unpaired) electrons.